The van der Waals surface area contributed by atoms with Crippen molar-refractivity contribution < 1.29 is 13.2 Å². The zero-order valence-electron chi connectivity index (χ0n) is 10.2. The van der Waals surface area contributed by atoms with Crippen LogP contribution in [0.4, 0.5) is 13.2 Å². The minimum atomic E-state index is -4.31. The van der Waals surface area contributed by atoms with Crippen LogP contribution in [-0.4, -0.2) is 14.8 Å². The van der Waals surface area contributed by atoms with Crippen LogP contribution >= 0.6 is 0 Å². The number of rotatable bonds is 3. The van der Waals surface area contributed by atoms with Gasteiger partial charge in [0.2, 0.25) is 0 Å². The third-order valence-corrected chi connectivity index (χ3v) is 2.59. The van der Waals surface area contributed by atoms with E-state index >= 15 is 0 Å². The Morgan fingerprint density at radius 2 is 1.89 bits per heavy atom. The van der Waals surface area contributed by atoms with Gasteiger partial charge < -0.3 is 5.73 Å². The quantitative estimate of drug-likeness (QED) is 0.931. The lowest BCUT2D eigenvalue weighted by Crippen LogP contribution is -2.09. The molecule has 7 heteroatoms. The predicted molar refractivity (Wildman–Crippen MR) is 63.2 cm³/mol. The molecule has 0 saturated heterocycles. The summed E-state index contributed by atoms with van der Waals surface area (Å²) in [4.78, 5) is 4.02. The van der Waals surface area contributed by atoms with Crippen LogP contribution in [0.25, 0.3) is 0 Å². The number of benzene rings is 1. The van der Waals surface area contributed by atoms with Gasteiger partial charge in [0.1, 0.15) is 6.33 Å². The Labute approximate surface area is 108 Å². The van der Waals surface area contributed by atoms with Crippen molar-refractivity contribution in [1.29, 1.82) is 0 Å². The molecule has 4 nitrogen and oxygen atoms in total. The minimum Gasteiger partial charge on any atom is -0.321 e. The molecule has 2 rings (SSSR count). The van der Waals surface area contributed by atoms with Crippen molar-refractivity contribution in [2.75, 3.05) is 0 Å². The SMILES string of the molecule is CC(N)c1ncn(Cc2ccc(C(F)(F)F)cc2)n1. The summed E-state index contributed by atoms with van der Waals surface area (Å²) in [5, 5.41) is 4.13. The smallest absolute Gasteiger partial charge is 0.321 e. The molecule has 0 aliphatic rings. The molecule has 0 saturated carbocycles. The molecule has 0 aliphatic carbocycles. The van der Waals surface area contributed by atoms with Gasteiger partial charge in [-0.05, 0) is 24.6 Å². The van der Waals surface area contributed by atoms with E-state index in [1.807, 2.05) is 0 Å². The number of hydrogen-bond donors (Lipinski definition) is 1. The molecule has 0 radical (unpaired) electrons. The molecule has 0 fully saturated rings. The fourth-order valence-electron chi connectivity index (χ4n) is 1.58. The fraction of sp³-hybridized carbons (Fsp3) is 0.333. The maximum atomic E-state index is 12.4. The van der Waals surface area contributed by atoms with E-state index in [0.717, 1.165) is 12.1 Å². The first kappa shape index (κ1) is 13.5. The lowest BCUT2D eigenvalue weighted by atomic mass is 10.1. The number of hydrogen-bond acceptors (Lipinski definition) is 3. The van der Waals surface area contributed by atoms with Crippen molar-refractivity contribution in [2.24, 2.45) is 5.73 Å². The van der Waals surface area contributed by atoms with E-state index in [0.29, 0.717) is 17.9 Å². The molecule has 1 aromatic carbocycles. The lowest BCUT2D eigenvalue weighted by Gasteiger charge is -2.07. The zero-order chi connectivity index (χ0) is 14.0. The monoisotopic (exact) mass is 270 g/mol. The zero-order valence-corrected chi connectivity index (χ0v) is 10.2. The molecule has 1 unspecified atom stereocenters. The van der Waals surface area contributed by atoms with E-state index in [9.17, 15) is 13.2 Å². The van der Waals surface area contributed by atoms with Gasteiger partial charge in [-0.2, -0.15) is 18.3 Å². The first-order valence-electron chi connectivity index (χ1n) is 5.67. The second-order valence-electron chi connectivity index (χ2n) is 4.28. The summed E-state index contributed by atoms with van der Waals surface area (Å²) in [5.74, 6) is 0.506. The average Bonchev–Trinajstić information content (AvgIpc) is 2.77. The summed E-state index contributed by atoms with van der Waals surface area (Å²) in [6.07, 6.45) is -2.80. The van der Waals surface area contributed by atoms with Gasteiger partial charge in [0.05, 0.1) is 18.2 Å². The summed E-state index contributed by atoms with van der Waals surface area (Å²) >= 11 is 0. The second kappa shape index (κ2) is 5.00. The summed E-state index contributed by atoms with van der Waals surface area (Å²) < 4.78 is 38.7. The van der Waals surface area contributed by atoms with E-state index in [1.165, 1.54) is 18.5 Å². The summed E-state index contributed by atoms with van der Waals surface area (Å²) in [6, 6.07) is 4.69. The van der Waals surface area contributed by atoms with Crippen LogP contribution in [0.15, 0.2) is 30.6 Å². The van der Waals surface area contributed by atoms with Crippen molar-refractivity contribution in [3.8, 4) is 0 Å². The number of aromatic nitrogens is 3. The van der Waals surface area contributed by atoms with Crippen LogP contribution in [-0.2, 0) is 12.7 Å². The first-order chi connectivity index (χ1) is 8.86. The highest BCUT2D eigenvalue weighted by molar-refractivity contribution is 5.24. The van der Waals surface area contributed by atoms with Crippen LogP contribution in [0.3, 0.4) is 0 Å². The maximum Gasteiger partial charge on any atom is 0.416 e. The van der Waals surface area contributed by atoms with Crippen LogP contribution < -0.4 is 5.73 Å². The van der Waals surface area contributed by atoms with Gasteiger partial charge in [-0.1, -0.05) is 12.1 Å². The molecular weight excluding hydrogens is 257 g/mol. The fourth-order valence-corrected chi connectivity index (χ4v) is 1.58. The van der Waals surface area contributed by atoms with E-state index in [2.05, 4.69) is 10.1 Å². The highest BCUT2D eigenvalue weighted by atomic mass is 19.4. The molecule has 1 heterocycles. The van der Waals surface area contributed by atoms with E-state index in [-0.39, 0.29) is 6.04 Å². The predicted octanol–water partition coefficient (Wildman–Crippen LogP) is 2.36. The second-order valence-corrected chi connectivity index (χ2v) is 4.28. The molecule has 2 N–H and O–H groups in total. The van der Waals surface area contributed by atoms with Crippen molar-refractivity contribution in [3.05, 3.63) is 47.5 Å². The van der Waals surface area contributed by atoms with Gasteiger partial charge in [0, 0.05) is 0 Å². The minimum absolute atomic E-state index is 0.270. The van der Waals surface area contributed by atoms with Gasteiger partial charge in [0.15, 0.2) is 5.82 Å². The average molecular weight is 270 g/mol. The van der Waals surface area contributed by atoms with Crippen molar-refractivity contribution in [1.82, 2.24) is 14.8 Å². The molecule has 0 spiro atoms. The van der Waals surface area contributed by atoms with Gasteiger partial charge in [-0.15, -0.1) is 0 Å². The van der Waals surface area contributed by atoms with E-state index in [1.54, 1.807) is 11.6 Å². The first-order valence-corrected chi connectivity index (χ1v) is 5.67. The van der Waals surface area contributed by atoms with Gasteiger partial charge >= 0.3 is 6.18 Å². The summed E-state index contributed by atoms with van der Waals surface area (Å²) in [6.45, 7) is 2.12. The highest BCUT2D eigenvalue weighted by Gasteiger charge is 2.29. The lowest BCUT2D eigenvalue weighted by molar-refractivity contribution is -0.137. The van der Waals surface area contributed by atoms with E-state index in [4.69, 9.17) is 5.73 Å². The summed E-state index contributed by atoms with van der Waals surface area (Å²) in [5.41, 5.74) is 5.68. The molecule has 2 aromatic rings. The van der Waals surface area contributed by atoms with Crippen LogP contribution in [0.2, 0.25) is 0 Å². The Bertz CT molecular complexity index is 543. The summed E-state index contributed by atoms with van der Waals surface area (Å²) in [7, 11) is 0. The Kier molecular flexibility index (Phi) is 3.57. The molecule has 102 valence electrons. The van der Waals surface area contributed by atoms with Crippen LogP contribution in [0.1, 0.15) is 29.9 Å². The molecule has 0 aliphatic heterocycles. The number of nitrogens with two attached hydrogens (primary N) is 1. The largest absolute Gasteiger partial charge is 0.416 e. The number of alkyl halides is 3. The van der Waals surface area contributed by atoms with Crippen molar-refractivity contribution in [3.63, 3.8) is 0 Å². The Hall–Kier alpha value is -1.89. The standard InChI is InChI=1S/C12H13F3N4/c1-8(16)11-17-7-19(18-11)6-9-2-4-10(5-3-9)12(13,14)15/h2-5,7-8H,6,16H2,1H3. The third-order valence-electron chi connectivity index (χ3n) is 2.59. The molecule has 1 atom stereocenters. The maximum absolute atomic E-state index is 12.4. The third kappa shape index (κ3) is 3.31. The molecule has 0 bridgehead atoms. The topological polar surface area (TPSA) is 56.7 Å². The highest BCUT2D eigenvalue weighted by Crippen LogP contribution is 2.29. The molecule has 19 heavy (non-hydrogen) atoms. The normalized spacial score (nSPS) is 13.5. The Morgan fingerprint density at radius 1 is 1.26 bits per heavy atom. The van der Waals surface area contributed by atoms with Gasteiger partial charge in [-0.25, -0.2) is 9.67 Å². The Balaban J connectivity index is 2.11. The number of nitrogens with zero attached hydrogens (tertiary/aromatic N) is 3. The molecule has 0 amide bonds. The van der Waals surface area contributed by atoms with E-state index < -0.39 is 11.7 Å². The van der Waals surface area contributed by atoms with Crippen molar-refractivity contribution in [2.45, 2.75) is 25.7 Å². The van der Waals surface area contributed by atoms with Gasteiger partial charge in [0.25, 0.3) is 0 Å². The van der Waals surface area contributed by atoms with Crippen LogP contribution in [0.5, 0.6) is 0 Å². The molecule has 1 aromatic heterocycles. The van der Waals surface area contributed by atoms with Crippen LogP contribution in [0, 0.1) is 0 Å². The van der Waals surface area contributed by atoms with Gasteiger partial charge in [-0.3, -0.25) is 0 Å². The number of halogens is 3. The van der Waals surface area contributed by atoms with Crippen molar-refractivity contribution >= 4 is 0 Å². The molecular formula is C12H13F3N4. The Morgan fingerprint density at radius 3 is 2.37 bits per heavy atom.